The maximum absolute atomic E-state index is 12.6. The van der Waals surface area contributed by atoms with Crippen LogP contribution in [0.25, 0.3) is 0 Å². The smallest absolute Gasteiger partial charge is 0.200 e. The number of rotatable bonds is 4. The molecule has 1 saturated carbocycles. The van der Waals surface area contributed by atoms with Crippen LogP contribution in [0.1, 0.15) is 45.6 Å². The van der Waals surface area contributed by atoms with Crippen molar-refractivity contribution in [2.75, 3.05) is 0 Å². The van der Waals surface area contributed by atoms with E-state index in [0.717, 1.165) is 5.56 Å². The minimum atomic E-state index is -3.67. The molecule has 2 unspecified atom stereocenters. The normalized spacial score (nSPS) is 28.1. The van der Waals surface area contributed by atoms with E-state index in [2.05, 4.69) is 58.5 Å². The Kier molecular flexibility index (Phi) is 3.26. The van der Waals surface area contributed by atoms with Crippen LogP contribution in [0.3, 0.4) is 0 Å². The number of fused-ring (bicyclic) bond motifs is 7. The quantitative estimate of drug-likeness (QED) is 0.525. The van der Waals surface area contributed by atoms with Gasteiger partial charge >= 0.3 is 0 Å². The second-order valence-electron chi connectivity index (χ2n) is 8.31. The van der Waals surface area contributed by atoms with Crippen molar-refractivity contribution < 1.29 is 8.42 Å². The van der Waals surface area contributed by atoms with Crippen LogP contribution in [-0.2, 0) is 10.0 Å². The Balaban J connectivity index is 1.36. The number of hydrogen-bond acceptors (Lipinski definition) is 3. The molecule has 1 N–H and O–H groups in total. The summed E-state index contributed by atoms with van der Waals surface area (Å²) in [5, 5.41) is 4.28. The Morgan fingerprint density at radius 1 is 0.828 bits per heavy atom. The first-order chi connectivity index (χ1) is 14.0. The molecule has 5 heteroatoms. The Morgan fingerprint density at radius 2 is 1.34 bits per heavy atom. The van der Waals surface area contributed by atoms with Crippen molar-refractivity contribution in [3.63, 3.8) is 0 Å². The van der Waals surface area contributed by atoms with Gasteiger partial charge in [-0.2, -0.15) is 13.5 Å². The molecule has 144 valence electrons. The third-order valence-corrected chi connectivity index (χ3v) is 8.12. The van der Waals surface area contributed by atoms with E-state index in [4.69, 9.17) is 0 Å². The van der Waals surface area contributed by atoms with Crippen LogP contribution in [-0.4, -0.2) is 14.6 Å². The molecule has 3 aromatic rings. The number of aryl methyl sites for hydroxylation is 1. The fraction of sp³-hybridized carbons (Fsp3) is 0.208. The first-order valence-electron chi connectivity index (χ1n) is 9.84. The lowest BCUT2D eigenvalue weighted by molar-refractivity contribution is 0.582. The predicted octanol–water partition coefficient (Wildman–Crippen LogP) is 4.29. The van der Waals surface area contributed by atoms with Crippen LogP contribution in [0.15, 0.2) is 82.8 Å². The van der Waals surface area contributed by atoms with E-state index in [1.807, 2.05) is 13.1 Å². The number of nitrogens with one attached hydrogen (secondary N) is 1. The molecule has 6 rings (SSSR count). The third-order valence-electron chi connectivity index (χ3n) is 6.88. The van der Waals surface area contributed by atoms with Gasteiger partial charge in [-0.1, -0.05) is 66.2 Å². The maximum Gasteiger partial charge on any atom is 0.276 e. The molecule has 0 spiro atoms. The van der Waals surface area contributed by atoms with Crippen molar-refractivity contribution in [2.45, 2.75) is 29.6 Å². The zero-order valence-electron chi connectivity index (χ0n) is 15.9. The van der Waals surface area contributed by atoms with E-state index in [9.17, 15) is 8.42 Å². The number of benzene rings is 3. The minimum Gasteiger partial charge on any atom is -0.200 e. The lowest BCUT2D eigenvalue weighted by Crippen LogP contribution is -2.21. The van der Waals surface area contributed by atoms with Crippen LogP contribution in [0.4, 0.5) is 0 Å². The molecule has 4 nitrogen and oxygen atoms in total. The number of sulfonamides is 1. The highest BCUT2D eigenvalue weighted by Crippen LogP contribution is 2.85. The molecule has 0 amide bonds. The largest absolute Gasteiger partial charge is 0.276 e. The molecule has 3 aliphatic rings. The Labute approximate surface area is 170 Å². The molecular formula is C24H20N2O2S. The Morgan fingerprint density at radius 3 is 1.90 bits per heavy atom. The summed E-state index contributed by atoms with van der Waals surface area (Å²) in [5.74, 6) is 1.01. The molecule has 1 fully saturated rings. The molecular weight excluding hydrogens is 380 g/mol. The molecule has 0 aliphatic heterocycles. The van der Waals surface area contributed by atoms with Crippen molar-refractivity contribution in [3.05, 3.63) is 101 Å². The monoisotopic (exact) mass is 400 g/mol. The van der Waals surface area contributed by atoms with Crippen LogP contribution in [0.5, 0.6) is 0 Å². The summed E-state index contributed by atoms with van der Waals surface area (Å²) in [7, 11) is -3.67. The number of hydrogen-bond donors (Lipinski definition) is 1. The van der Waals surface area contributed by atoms with Gasteiger partial charge in [0.05, 0.1) is 4.90 Å². The predicted molar refractivity (Wildman–Crippen MR) is 113 cm³/mol. The second-order valence-corrected chi connectivity index (χ2v) is 9.97. The summed E-state index contributed by atoms with van der Waals surface area (Å²) in [4.78, 5) is 2.67. The molecule has 0 aromatic heterocycles. The van der Waals surface area contributed by atoms with Gasteiger partial charge in [0.1, 0.15) is 0 Å². The van der Waals surface area contributed by atoms with Gasteiger partial charge < -0.3 is 0 Å². The first kappa shape index (κ1) is 17.0. The van der Waals surface area contributed by atoms with Gasteiger partial charge in [-0.05, 0) is 41.3 Å². The van der Waals surface area contributed by atoms with Gasteiger partial charge in [-0.25, -0.2) is 4.83 Å². The highest BCUT2D eigenvalue weighted by molar-refractivity contribution is 7.89. The van der Waals surface area contributed by atoms with E-state index in [1.54, 1.807) is 24.3 Å². The lowest BCUT2D eigenvalue weighted by Gasteiger charge is -2.17. The van der Waals surface area contributed by atoms with E-state index in [-0.39, 0.29) is 16.2 Å². The van der Waals surface area contributed by atoms with Crippen molar-refractivity contribution in [3.8, 4) is 0 Å². The third kappa shape index (κ3) is 2.14. The molecule has 0 heterocycles. The van der Waals surface area contributed by atoms with Crippen LogP contribution >= 0.6 is 0 Å². The minimum absolute atomic E-state index is 0.150. The van der Waals surface area contributed by atoms with Crippen molar-refractivity contribution in [1.29, 1.82) is 0 Å². The summed E-state index contributed by atoms with van der Waals surface area (Å²) in [6.07, 6.45) is 1.87. The van der Waals surface area contributed by atoms with E-state index in [0.29, 0.717) is 11.8 Å². The number of hydrazone groups is 1. The van der Waals surface area contributed by atoms with Gasteiger partial charge in [0.2, 0.25) is 0 Å². The zero-order valence-corrected chi connectivity index (χ0v) is 16.7. The number of nitrogens with zero attached hydrogens (tertiary/aromatic N) is 1. The highest BCUT2D eigenvalue weighted by Gasteiger charge is 2.77. The summed E-state index contributed by atoms with van der Waals surface area (Å²) < 4.78 is 25.3. The average molecular weight is 401 g/mol. The van der Waals surface area contributed by atoms with Gasteiger partial charge in [0.25, 0.3) is 10.0 Å². The van der Waals surface area contributed by atoms with Gasteiger partial charge in [0.15, 0.2) is 0 Å². The Hall–Kier alpha value is -2.92. The zero-order chi connectivity index (χ0) is 19.8. The van der Waals surface area contributed by atoms with Crippen molar-refractivity contribution >= 4 is 16.2 Å². The van der Waals surface area contributed by atoms with Gasteiger partial charge in [-0.15, -0.1) is 0 Å². The molecule has 4 atom stereocenters. The summed E-state index contributed by atoms with van der Waals surface area (Å²) in [6.45, 7) is 1.93. The van der Waals surface area contributed by atoms with E-state index in [1.165, 1.54) is 22.3 Å². The SMILES string of the molecule is Cc1ccc(S(=O)(=O)NN=CC23C4c5ccccc5[C@@H]2[C@@H]3c2ccccc24)cc1. The van der Waals surface area contributed by atoms with Crippen molar-refractivity contribution in [1.82, 2.24) is 4.83 Å². The molecule has 3 aliphatic carbocycles. The fourth-order valence-electron chi connectivity index (χ4n) is 5.72. The van der Waals surface area contributed by atoms with Gasteiger partial charge in [0, 0.05) is 29.4 Å². The molecule has 29 heavy (non-hydrogen) atoms. The van der Waals surface area contributed by atoms with Crippen LogP contribution < -0.4 is 4.83 Å². The summed E-state index contributed by atoms with van der Waals surface area (Å²) >= 11 is 0. The van der Waals surface area contributed by atoms with E-state index < -0.39 is 10.0 Å². The van der Waals surface area contributed by atoms with Crippen LogP contribution in [0, 0.1) is 12.3 Å². The summed E-state index contributed by atoms with van der Waals surface area (Å²) in [5.41, 5.74) is 6.34. The topological polar surface area (TPSA) is 58.5 Å². The average Bonchev–Trinajstić information content (AvgIpc) is 3.21. The maximum atomic E-state index is 12.6. The second kappa shape index (κ2) is 5.57. The van der Waals surface area contributed by atoms with Crippen molar-refractivity contribution in [2.24, 2.45) is 10.5 Å². The molecule has 0 saturated heterocycles. The molecule has 3 aromatic carbocycles. The van der Waals surface area contributed by atoms with Gasteiger partial charge in [-0.3, -0.25) is 0 Å². The lowest BCUT2D eigenvalue weighted by atomic mass is 9.86. The Bertz CT molecular complexity index is 1220. The highest BCUT2D eigenvalue weighted by atomic mass is 32.2. The molecule has 0 bridgehead atoms. The standard InChI is InChI=1S/C24H20N2O2S/c1-15-10-12-16(13-11-15)29(27,28)26-25-14-24-21-17-6-2-4-8-19(17)22(24)23(24)20-9-5-3-7-18(20)21/h2-14,21-23,26H,1H3/t21?,22-,23+,24?. The molecule has 0 radical (unpaired) electrons. The van der Waals surface area contributed by atoms with E-state index >= 15 is 0 Å². The van der Waals surface area contributed by atoms with Crippen LogP contribution in [0.2, 0.25) is 0 Å². The summed E-state index contributed by atoms with van der Waals surface area (Å²) in [6, 6.07) is 24.0. The fourth-order valence-corrected chi connectivity index (χ4v) is 6.51. The first-order valence-corrected chi connectivity index (χ1v) is 11.3.